The molecule has 0 unspecified atom stereocenters. The molecular weight excluding hydrogens is 373 g/mol. The van der Waals surface area contributed by atoms with E-state index in [0.29, 0.717) is 28.1 Å². The van der Waals surface area contributed by atoms with Crippen LogP contribution in [0.1, 0.15) is 11.1 Å². The number of fused-ring (bicyclic) bond motifs is 1. The van der Waals surface area contributed by atoms with Crippen LogP contribution in [0.25, 0.3) is 22.7 Å². The van der Waals surface area contributed by atoms with Gasteiger partial charge in [0.1, 0.15) is 17.1 Å². The molecule has 2 aromatic heterocycles. The number of aryl methyl sites for hydroxylation is 2. The van der Waals surface area contributed by atoms with Crippen molar-refractivity contribution < 1.29 is 18.7 Å². The molecule has 1 radical (unpaired) electrons. The van der Waals surface area contributed by atoms with Gasteiger partial charge in [-0.25, -0.2) is 14.4 Å². The zero-order valence-corrected chi connectivity index (χ0v) is 15.0. The van der Waals surface area contributed by atoms with Crippen LogP contribution in [0.3, 0.4) is 0 Å². The Morgan fingerprint density at radius 1 is 1.11 bits per heavy atom. The molecule has 0 fully saturated rings. The highest BCUT2D eigenvalue weighted by Crippen LogP contribution is 2.32. The van der Waals surface area contributed by atoms with E-state index in [1.54, 1.807) is 26.0 Å². The summed E-state index contributed by atoms with van der Waals surface area (Å²) in [4.78, 5) is 12.6. The predicted molar refractivity (Wildman–Crippen MR) is 96.1 cm³/mol. The highest BCUT2D eigenvalue weighted by atomic mass is 35.5. The molecule has 0 aliphatic heterocycles. The maximum absolute atomic E-state index is 13.1. The Morgan fingerprint density at radius 3 is 2.56 bits per heavy atom. The molecule has 0 saturated heterocycles. The Balaban J connectivity index is 1.70. The smallest absolute Gasteiger partial charge is 0.325 e. The summed E-state index contributed by atoms with van der Waals surface area (Å²) in [5.41, 5.74) is 2.53. The fourth-order valence-electron chi connectivity index (χ4n) is 2.62. The summed E-state index contributed by atoms with van der Waals surface area (Å²) in [6, 6.07) is 7.14. The third-order valence-electron chi connectivity index (χ3n) is 3.93. The standard InChI is InChI=1S/C19H12ClFN3O3/c1-9-5-11(6-10(2)16(9)25)17-23-14-8-22-19(24-18(14)27-17)26-15-4-3-12(21)7-13(15)20/h3-8H,1-2H3. The van der Waals surface area contributed by atoms with Crippen molar-refractivity contribution in [2.75, 3.05) is 0 Å². The van der Waals surface area contributed by atoms with Gasteiger partial charge in [-0.15, -0.1) is 0 Å². The van der Waals surface area contributed by atoms with Crippen LogP contribution >= 0.6 is 11.6 Å². The number of hydrogen-bond donors (Lipinski definition) is 0. The van der Waals surface area contributed by atoms with Crippen LogP contribution in [-0.4, -0.2) is 15.0 Å². The molecule has 0 aliphatic rings. The Hall–Kier alpha value is -3.19. The summed E-state index contributed by atoms with van der Waals surface area (Å²) in [5, 5.41) is 12.0. The maximum atomic E-state index is 13.1. The third kappa shape index (κ3) is 3.29. The van der Waals surface area contributed by atoms with Gasteiger partial charge in [0.25, 0.3) is 5.71 Å². The second kappa shape index (κ2) is 6.51. The van der Waals surface area contributed by atoms with E-state index in [1.807, 2.05) is 0 Å². The van der Waals surface area contributed by atoms with Crippen LogP contribution in [0, 0.1) is 19.7 Å². The summed E-state index contributed by atoms with van der Waals surface area (Å²) in [6.07, 6.45) is 1.45. The molecule has 4 rings (SSSR count). The van der Waals surface area contributed by atoms with Crippen LogP contribution in [-0.2, 0) is 5.11 Å². The van der Waals surface area contributed by atoms with Gasteiger partial charge in [0.2, 0.25) is 5.89 Å². The number of nitrogens with zero attached hydrogens (tertiary/aromatic N) is 3. The fraction of sp³-hybridized carbons (Fsp3) is 0.105. The summed E-state index contributed by atoms with van der Waals surface area (Å²) in [6.45, 7) is 3.47. The van der Waals surface area contributed by atoms with Gasteiger partial charge in [-0.1, -0.05) is 11.6 Å². The number of benzene rings is 2. The van der Waals surface area contributed by atoms with Crippen molar-refractivity contribution in [3.8, 4) is 29.0 Å². The van der Waals surface area contributed by atoms with E-state index in [2.05, 4.69) is 15.0 Å². The van der Waals surface area contributed by atoms with Gasteiger partial charge in [-0.05, 0) is 55.3 Å². The van der Waals surface area contributed by atoms with Gasteiger partial charge in [-0.2, -0.15) is 4.98 Å². The van der Waals surface area contributed by atoms with Gasteiger partial charge >= 0.3 is 6.01 Å². The van der Waals surface area contributed by atoms with Gasteiger partial charge in [0.05, 0.1) is 11.2 Å². The quantitative estimate of drug-likeness (QED) is 0.457. The first-order valence-corrected chi connectivity index (χ1v) is 8.33. The molecule has 2 heterocycles. The largest absolute Gasteiger partial charge is 0.423 e. The Morgan fingerprint density at radius 2 is 1.85 bits per heavy atom. The number of aromatic nitrogens is 3. The van der Waals surface area contributed by atoms with E-state index in [1.165, 1.54) is 18.3 Å². The monoisotopic (exact) mass is 384 g/mol. The Bertz CT molecular complexity index is 1150. The summed E-state index contributed by atoms with van der Waals surface area (Å²) < 4.78 is 24.3. The fourth-order valence-corrected chi connectivity index (χ4v) is 2.83. The minimum absolute atomic E-state index is 0.0125. The van der Waals surface area contributed by atoms with E-state index in [0.717, 1.165) is 6.07 Å². The predicted octanol–water partition coefficient (Wildman–Crippen LogP) is 5.63. The highest BCUT2D eigenvalue weighted by Gasteiger charge is 2.15. The second-order valence-corrected chi connectivity index (χ2v) is 6.39. The van der Waals surface area contributed by atoms with Gasteiger partial charge in [-0.3, -0.25) is 5.11 Å². The average molecular weight is 385 g/mol. The van der Waals surface area contributed by atoms with Gasteiger partial charge in [0.15, 0.2) is 5.75 Å². The molecule has 135 valence electrons. The van der Waals surface area contributed by atoms with Crippen molar-refractivity contribution in [3.63, 3.8) is 0 Å². The van der Waals surface area contributed by atoms with E-state index in [4.69, 9.17) is 20.8 Å². The van der Waals surface area contributed by atoms with Gasteiger partial charge in [0, 0.05) is 5.56 Å². The lowest BCUT2D eigenvalue weighted by Crippen LogP contribution is -1.92. The lowest BCUT2D eigenvalue weighted by molar-refractivity contribution is 0.348. The number of ether oxygens (including phenoxy) is 1. The molecule has 0 spiro atoms. The molecule has 2 aromatic carbocycles. The Kier molecular flexibility index (Phi) is 4.16. The van der Waals surface area contributed by atoms with Crippen LogP contribution in [0.4, 0.5) is 4.39 Å². The van der Waals surface area contributed by atoms with Crippen LogP contribution in [0.5, 0.6) is 17.5 Å². The summed E-state index contributed by atoms with van der Waals surface area (Å²) in [7, 11) is 0. The number of oxazole rings is 1. The highest BCUT2D eigenvalue weighted by molar-refractivity contribution is 6.32. The molecule has 0 amide bonds. The first kappa shape index (κ1) is 17.2. The molecule has 6 nitrogen and oxygen atoms in total. The SMILES string of the molecule is Cc1cc(-c2nc3cnc(Oc4ccc(F)cc4Cl)nc3o2)cc(C)c1[O]. The van der Waals surface area contributed by atoms with E-state index in [9.17, 15) is 9.50 Å². The average Bonchev–Trinajstić information content (AvgIpc) is 3.05. The molecular formula is C19H12ClFN3O3. The van der Waals surface area contributed by atoms with Crippen LogP contribution < -0.4 is 4.74 Å². The molecule has 8 heteroatoms. The van der Waals surface area contributed by atoms with Crippen LogP contribution in [0.2, 0.25) is 5.02 Å². The van der Waals surface area contributed by atoms with Crippen molar-refractivity contribution in [2.45, 2.75) is 13.8 Å². The molecule has 0 bridgehead atoms. The summed E-state index contributed by atoms with van der Waals surface area (Å²) >= 11 is 5.94. The first-order chi connectivity index (χ1) is 12.9. The minimum atomic E-state index is -0.474. The lowest BCUT2D eigenvalue weighted by atomic mass is 10.1. The van der Waals surface area contributed by atoms with E-state index < -0.39 is 5.82 Å². The van der Waals surface area contributed by atoms with Crippen molar-refractivity contribution >= 4 is 22.8 Å². The van der Waals surface area contributed by atoms with Crippen molar-refractivity contribution in [3.05, 3.63) is 58.5 Å². The number of hydrogen-bond acceptors (Lipinski definition) is 5. The second-order valence-electron chi connectivity index (χ2n) is 5.98. The number of rotatable bonds is 3. The molecule has 27 heavy (non-hydrogen) atoms. The van der Waals surface area contributed by atoms with E-state index >= 15 is 0 Å². The lowest BCUT2D eigenvalue weighted by Gasteiger charge is -2.04. The zero-order chi connectivity index (χ0) is 19.1. The first-order valence-electron chi connectivity index (χ1n) is 7.96. The van der Waals surface area contributed by atoms with Crippen molar-refractivity contribution in [1.82, 2.24) is 15.0 Å². The third-order valence-corrected chi connectivity index (χ3v) is 4.23. The molecule has 0 N–H and O–H groups in total. The van der Waals surface area contributed by atoms with E-state index in [-0.39, 0.29) is 28.2 Å². The maximum Gasteiger partial charge on any atom is 0.325 e. The minimum Gasteiger partial charge on any atom is -0.423 e. The summed E-state index contributed by atoms with van der Waals surface area (Å²) in [5.74, 6) is 0.0525. The zero-order valence-electron chi connectivity index (χ0n) is 14.3. The Labute approximate surface area is 158 Å². The molecule has 0 aliphatic carbocycles. The van der Waals surface area contributed by atoms with Crippen LogP contribution in [0.15, 0.2) is 40.9 Å². The van der Waals surface area contributed by atoms with Crippen molar-refractivity contribution in [2.24, 2.45) is 0 Å². The normalized spacial score (nSPS) is 11.1. The molecule has 0 atom stereocenters. The van der Waals surface area contributed by atoms with Crippen molar-refractivity contribution in [1.29, 1.82) is 0 Å². The van der Waals surface area contributed by atoms with Gasteiger partial charge < -0.3 is 9.15 Å². The molecule has 0 saturated carbocycles. The number of halogens is 2. The topological polar surface area (TPSA) is 80.9 Å². The molecule has 4 aromatic rings.